The lowest BCUT2D eigenvalue weighted by Crippen LogP contribution is -2.24. The molecule has 0 radical (unpaired) electrons. The number of anilines is 1. The Kier molecular flexibility index (Phi) is 6.63. The van der Waals surface area contributed by atoms with Gasteiger partial charge in [0, 0.05) is 23.6 Å². The number of nitrogens with one attached hydrogen (secondary N) is 1. The van der Waals surface area contributed by atoms with E-state index in [1.165, 1.54) is 0 Å². The summed E-state index contributed by atoms with van der Waals surface area (Å²) in [5, 5.41) is 4.54. The number of rotatable bonds is 6. The Morgan fingerprint density at radius 3 is 2.62 bits per heavy atom. The second kappa shape index (κ2) is 8.70. The molecule has 0 saturated heterocycles. The average Bonchev–Trinajstić information content (AvgIpc) is 2.54. The van der Waals surface area contributed by atoms with Crippen LogP contribution in [0.15, 0.2) is 52.0 Å². The summed E-state index contributed by atoms with van der Waals surface area (Å²) >= 11 is 9.28. The summed E-state index contributed by atoms with van der Waals surface area (Å²) in [7, 11) is 3.93. The van der Waals surface area contributed by atoms with E-state index in [1.807, 2.05) is 37.2 Å². The largest absolute Gasteiger partial charge is 0.484 e. The van der Waals surface area contributed by atoms with E-state index in [4.69, 9.17) is 16.3 Å². The van der Waals surface area contributed by atoms with Gasteiger partial charge in [0.15, 0.2) is 6.61 Å². The summed E-state index contributed by atoms with van der Waals surface area (Å²) in [6, 6.07) is 12.6. The van der Waals surface area contributed by atoms with Crippen molar-refractivity contribution in [1.29, 1.82) is 0 Å². The van der Waals surface area contributed by atoms with Gasteiger partial charge < -0.3 is 9.64 Å². The van der Waals surface area contributed by atoms with Gasteiger partial charge in [0.2, 0.25) is 0 Å². The molecule has 0 aliphatic carbocycles. The van der Waals surface area contributed by atoms with Gasteiger partial charge in [0.05, 0.1) is 11.9 Å². The topological polar surface area (TPSA) is 53.9 Å². The van der Waals surface area contributed by atoms with Gasteiger partial charge >= 0.3 is 0 Å². The van der Waals surface area contributed by atoms with E-state index in [0.29, 0.717) is 10.8 Å². The highest BCUT2D eigenvalue weighted by Gasteiger charge is 2.03. The van der Waals surface area contributed by atoms with E-state index in [2.05, 4.69) is 26.5 Å². The molecular formula is C17H17BrClN3O2. The average molecular weight is 411 g/mol. The number of hydrogen-bond donors (Lipinski definition) is 1. The number of amides is 1. The molecule has 1 N–H and O–H groups in total. The Morgan fingerprint density at radius 2 is 2.00 bits per heavy atom. The summed E-state index contributed by atoms with van der Waals surface area (Å²) < 4.78 is 6.28. The van der Waals surface area contributed by atoms with Crippen LogP contribution in [0, 0.1) is 0 Å². The second-order valence-electron chi connectivity index (χ2n) is 5.14. The molecule has 0 saturated carbocycles. The zero-order valence-corrected chi connectivity index (χ0v) is 15.6. The van der Waals surface area contributed by atoms with Crippen LogP contribution in [0.1, 0.15) is 5.56 Å². The number of ether oxygens (including phenoxy) is 1. The molecule has 2 aromatic rings. The Hall–Kier alpha value is -2.05. The minimum absolute atomic E-state index is 0.123. The van der Waals surface area contributed by atoms with Crippen LogP contribution in [-0.2, 0) is 4.79 Å². The Balaban J connectivity index is 1.83. The molecule has 0 aliphatic rings. The molecule has 7 heteroatoms. The maximum Gasteiger partial charge on any atom is 0.277 e. The third kappa shape index (κ3) is 5.54. The van der Waals surface area contributed by atoms with E-state index in [9.17, 15) is 4.79 Å². The third-order valence-corrected chi connectivity index (χ3v) is 3.93. The molecule has 0 unspecified atom stereocenters. The van der Waals surface area contributed by atoms with Crippen LogP contribution in [0.4, 0.5) is 5.69 Å². The number of hydrogen-bond acceptors (Lipinski definition) is 4. The highest BCUT2D eigenvalue weighted by Crippen LogP contribution is 2.25. The Morgan fingerprint density at radius 1 is 1.29 bits per heavy atom. The maximum atomic E-state index is 11.7. The summed E-state index contributed by atoms with van der Waals surface area (Å²) in [6.07, 6.45) is 1.57. The lowest BCUT2D eigenvalue weighted by atomic mass is 10.2. The van der Waals surface area contributed by atoms with Crippen LogP contribution < -0.4 is 15.1 Å². The van der Waals surface area contributed by atoms with Crippen LogP contribution in [0.3, 0.4) is 0 Å². The highest BCUT2D eigenvalue weighted by molar-refractivity contribution is 9.10. The van der Waals surface area contributed by atoms with Gasteiger partial charge in [-0.15, -0.1) is 0 Å². The number of nitrogens with zero attached hydrogens (tertiary/aromatic N) is 2. The normalized spacial score (nSPS) is 10.7. The first kappa shape index (κ1) is 18.3. The summed E-state index contributed by atoms with van der Waals surface area (Å²) in [5.41, 5.74) is 4.35. The zero-order valence-electron chi connectivity index (χ0n) is 13.3. The summed E-state index contributed by atoms with van der Waals surface area (Å²) in [6.45, 7) is -0.123. The molecule has 0 aliphatic heterocycles. The molecule has 2 rings (SSSR count). The van der Waals surface area contributed by atoms with Gasteiger partial charge in [-0.2, -0.15) is 5.10 Å². The van der Waals surface area contributed by atoms with Gasteiger partial charge in [-0.25, -0.2) is 5.43 Å². The van der Waals surface area contributed by atoms with E-state index >= 15 is 0 Å². The summed E-state index contributed by atoms with van der Waals surface area (Å²) in [4.78, 5) is 13.7. The Labute approximate surface area is 154 Å². The maximum absolute atomic E-state index is 11.7. The minimum atomic E-state index is -0.342. The first-order chi connectivity index (χ1) is 11.5. The lowest BCUT2D eigenvalue weighted by Gasteiger charge is -2.14. The van der Waals surface area contributed by atoms with Gasteiger partial charge in [0.1, 0.15) is 5.75 Å². The van der Waals surface area contributed by atoms with Crippen molar-refractivity contribution in [2.75, 3.05) is 25.6 Å². The molecule has 24 heavy (non-hydrogen) atoms. The fourth-order valence-electron chi connectivity index (χ4n) is 1.86. The fraction of sp³-hybridized carbons (Fsp3) is 0.176. The first-order valence-electron chi connectivity index (χ1n) is 7.13. The number of carbonyl (C=O) groups excluding carboxylic acids is 1. The minimum Gasteiger partial charge on any atom is -0.484 e. The van der Waals surface area contributed by atoms with Crippen molar-refractivity contribution in [2.24, 2.45) is 5.10 Å². The van der Waals surface area contributed by atoms with Gasteiger partial charge in [-0.1, -0.05) is 17.7 Å². The number of hydrazone groups is 1. The van der Waals surface area contributed by atoms with Gasteiger partial charge in [0.25, 0.3) is 5.91 Å². The van der Waals surface area contributed by atoms with Crippen molar-refractivity contribution in [3.05, 3.63) is 57.5 Å². The van der Waals surface area contributed by atoms with Crippen molar-refractivity contribution in [3.63, 3.8) is 0 Å². The molecule has 0 bridgehead atoms. The summed E-state index contributed by atoms with van der Waals surface area (Å²) in [5.74, 6) is 0.229. The van der Waals surface area contributed by atoms with Crippen molar-refractivity contribution in [2.45, 2.75) is 0 Å². The van der Waals surface area contributed by atoms with Crippen molar-refractivity contribution >= 4 is 45.3 Å². The molecule has 0 heterocycles. The predicted molar refractivity (Wildman–Crippen MR) is 101 cm³/mol. The van der Waals surface area contributed by atoms with Crippen molar-refractivity contribution < 1.29 is 9.53 Å². The molecule has 5 nitrogen and oxygen atoms in total. The van der Waals surface area contributed by atoms with Crippen molar-refractivity contribution in [3.8, 4) is 5.75 Å². The van der Waals surface area contributed by atoms with E-state index in [-0.39, 0.29) is 12.5 Å². The SMILES string of the molecule is CN(C)c1ccc(/C=N\NC(=O)COc2ccc(Cl)cc2)cc1Br. The number of halogens is 2. The molecule has 0 fully saturated rings. The first-order valence-corrected chi connectivity index (χ1v) is 8.30. The van der Waals surface area contributed by atoms with Crippen LogP contribution in [0.25, 0.3) is 0 Å². The molecule has 2 aromatic carbocycles. The standard InChI is InChI=1S/C17H17BrClN3O2/c1-22(2)16-8-3-12(9-15(16)18)10-20-21-17(23)11-24-14-6-4-13(19)5-7-14/h3-10H,11H2,1-2H3,(H,21,23)/b20-10-. The highest BCUT2D eigenvalue weighted by atomic mass is 79.9. The monoisotopic (exact) mass is 409 g/mol. The molecule has 126 valence electrons. The van der Waals surface area contributed by atoms with Crippen LogP contribution >= 0.6 is 27.5 Å². The van der Waals surface area contributed by atoms with Gasteiger partial charge in [-0.3, -0.25) is 4.79 Å². The second-order valence-corrected chi connectivity index (χ2v) is 6.43. The molecule has 0 spiro atoms. The molecule has 0 aromatic heterocycles. The number of benzene rings is 2. The van der Waals surface area contributed by atoms with Crippen LogP contribution in [0.2, 0.25) is 5.02 Å². The van der Waals surface area contributed by atoms with Crippen molar-refractivity contribution in [1.82, 2.24) is 5.43 Å². The number of carbonyl (C=O) groups is 1. The Bertz CT molecular complexity index is 733. The zero-order chi connectivity index (χ0) is 17.5. The lowest BCUT2D eigenvalue weighted by molar-refractivity contribution is -0.123. The van der Waals surface area contributed by atoms with E-state index in [1.54, 1.807) is 30.5 Å². The fourth-order valence-corrected chi connectivity index (χ4v) is 2.73. The van der Waals surface area contributed by atoms with E-state index in [0.717, 1.165) is 15.7 Å². The quantitative estimate of drug-likeness (QED) is 0.583. The van der Waals surface area contributed by atoms with Gasteiger partial charge in [-0.05, 0) is 57.9 Å². The smallest absolute Gasteiger partial charge is 0.277 e. The third-order valence-electron chi connectivity index (χ3n) is 3.04. The predicted octanol–water partition coefficient (Wildman–Crippen LogP) is 3.70. The molecule has 1 amide bonds. The van der Waals surface area contributed by atoms with E-state index < -0.39 is 0 Å². The molecule has 0 atom stereocenters. The van der Waals surface area contributed by atoms with Crippen LogP contribution in [-0.4, -0.2) is 32.8 Å². The van der Waals surface area contributed by atoms with Crippen LogP contribution in [0.5, 0.6) is 5.75 Å². The molecular weight excluding hydrogens is 394 g/mol.